The first kappa shape index (κ1) is 106. The van der Waals surface area contributed by atoms with E-state index in [1.807, 2.05) is 0 Å². The van der Waals surface area contributed by atoms with Crippen LogP contribution in [0, 0.1) is 0 Å². The Kier molecular flexibility index (Phi) is 36.2. The van der Waals surface area contributed by atoms with Gasteiger partial charge in [0.2, 0.25) is 0 Å². The highest BCUT2D eigenvalue weighted by molar-refractivity contribution is 5.78. The molecule has 0 aromatic heterocycles. The third-order valence-electron chi connectivity index (χ3n) is 23.3. The van der Waals surface area contributed by atoms with Gasteiger partial charge in [-0.2, -0.15) is 0 Å². The van der Waals surface area contributed by atoms with Crippen LogP contribution in [0.25, 0.3) is 0 Å². The average Bonchev–Trinajstić information content (AvgIpc) is 0.732. The minimum atomic E-state index is -4.03. The molecule has 10 fully saturated rings. The maximum Gasteiger partial charge on any atom is 0.367 e. The molecule has 128 heavy (non-hydrogen) atoms. The van der Waals surface area contributed by atoms with E-state index in [1.165, 1.54) is 0 Å². The van der Waals surface area contributed by atoms with Gasteiger partial charge in [0.1, 0.15) is 238 Å². The molecule has 61 heteroatoms. The normalized spacial score (nSPS) is 49.9. The van der Waals surface area contributed by atoms with Gasteiger partial charge in [-0.05, 0) is 0 Å². The van der Waals surface area contributed by atoms with Crippen LogP contribution < -0.4 is 11.5 Å². The van der Waals surface area contributed by atoms with Crippen molar-refractivity contribution < 1.29 is 293 Å². The summed E-state index contributed by atoms with van der Waals surface area (Å²) in [6, 6.07) is -3.56. The average molecular weight is 1890 g/mol. The first-order valence-electron chi connectivity index (χ1n) is 39.3. The predicted molar refractivity (Wildman–Crippen MR) is 377 cm³/mol. The summed E-state index contributed by atoms with van der Waals surface area (Å²) in [7, 11) is 0. The molecule has 10 rings (SSSR count). The van der Waals surface area contributed by atoms with Crippen molar-refractivity contribution in [2.45, 2.75) is 337 Å². The van der Waals surface area contributed by atoms with Crippen molar-refractivity contribution in [3.63, 3.8) is 0 Å². The van der Waals surface area contributed by atoms with Crippen LogP contribution >= 0.6 is 0 Å². The summed E-state index contributed by atoms with van der Waals surface area (Å²) in [5.74, 6) is -17.0. The summed E-state index contributed by atoms with van der Waals surface area (Å²) in [5.41, 5.74) is 11.9. The summed E-state index contributed by atoms with van der Waals surface area (Å²) < 4.78 is 107. The number of carbonyl (C=O) groups is 4. The fraction of sp³-hybridized carbons (Fsp3) is 0.940. The van der Waals surface area contributed by atoms with Gasteiger partial charge in [0.25, 0.3) is 11.6 Å². The van der Waals surface area contributed by atoms with E-state index in [9.17, 15) is 203 Å². The van der Waals surface area contributed by atoms with Gasteiger partial charge in [0.05, 0.1) is 71.0 Å². The zero-order valence-corrected chi connectivity index (χ0v) is 66.0. The van der Waals surface area contributed by atoms with E-state index in [0.717, 1.165) is 0 Å². The highest BCUT2D eigenvalue weighted by Gasteiger charge is 2.68. The molecular formula is C67H110N2O59. The van der Waals surface area contributed by atoms with E-state index in [2.05, 4.69) is 0 Å². The van der Waals surface area contributed by atoms with Crippen LogP contribution in [0.4, 0.5) is 0 Å². The van der Waals surface area contributed by atoms with Crippen LogP contribution in [0.15, 0.2) is 0 Å². The molecule has 10 aliphatic heterocycles. The summed E-state index contributed by atoms with van der Waals surface area (Å²) in [4.78, 5) is 52.1. The Labute approximate surface area is 716 Å². The van der Waals surface area contributed by atoms with Gasteiger partial charge in [-0.3, -0.25) is 0 Å². The summed E-state index contributed by atoms with van der Waals surface area (Å²) in [5, 5.41) is 398. The second-order valence-corrected chi connectivity index (χ2v) is 31.8. The minimum absolute atomic E-state index is 0.950. The molecule has 10 heterocycles. The molecule has 0 aromatic carbocycles. The van der Waals surface area contributed by atoms with E-state index >= 15 is 0 Å². The molecule has 10 aliphatic rings. The van der Waals surface area contributed by atoms with Crippen LogP contribution in [-0.4, -0.2) is 591 Å². The standard InChI is InChI=1S/C67H110N2O59/c68-19-24(84)21(81)16(5-73)112-56(19)120-47-30(90)35(95)59(124-51(47)54(101)102)111-8-13(79)40-28(88)27(87)33(93)58(115-40)110-9-14(80)41-37(97)46(119-61-36(96)31(91)48(52(125-61)55(103)104)121-57-20(69)25(85)22(82)17(6-74)113-57)38(98)62(116-41)122-49-39(99)63(117-43(11(77)3-71)50(49)123-60-34(94)26(86)23(83)18(7-75)114-60)118-45-15(1-66(109,64(105)106)127-44(45)12(78)4-72)126-67(65(107)108)53(100)32(92)29(89)42(128-67)10(76)2-70/h10-53,56-63,70-100,109H,1-9,68-69H2,(H,101,102)(H,103,104)(H,105,106)(H,107,108)/t10-,11+,12-,13+,14+,15-,16-,17-,18-,19-,20-,21-,22-,23+,24-,25-,26+,27+,28+,29-,30-,31-,32+,33+,34-,35-,36-,37-,38+,39+,40-,41-,42-,43-,44-,45-,46+,47-,48-,49-,50-,51+,52+,53+,56-,57-,58+,59+,60+,61+,62-,63-,66-,67-/m1/s1. The van der Waals surface area contributed by atoms with Gasteiger partial charge in [-0.15, -0.1) is 0 Å². The third kappa shape index (κ3) is 21.4. The van der Waals surface area contributed by atoms with Crippen molar-refractivity contribution in [1.82, 2.24) is 0 Å². The summed E-state index contributed by atoms with van der Waals surface area (Å²) in [6.45, 7) is -10.8. The number of nitrogens with two attached hydrogens (primary N) is 2. The molecule has 742 valence electrons. The number of aliphatic hydroxyl groups is 32. The lowest BCUT2D eigenvalue weighted by Crippen LogP contribution is -2.73. The predicted octanol–water partition coefficient (Wildman–Crippen LogP) is -25.9. The van der Waals surface area contributed by atoms with Gasteiger partial charge in [-0.25, -0.2) is 19.2 Å². The van der Waals surface area contributed by atoms with E-state index in [-0.39, 0.29) is 0 Å². The van der Waals surface area contributed by atoms with E-state index < -0.39 is 413 Å². The van der Waals surface area contributed by atoms with Gasteiger partial charge < -0.3 is 285 Å². The molecule has 0 saturated carbocycles. The molecule has 0 radical (unpaired) electrons. The van der Waals surface area contributed by atoms with Crippen LogP contribution in [0.1, 0.15) is 6.42 Å². The molecule has 0 amide bonds. The van der Waals surface area contributed by atoms with Gasteiger partial charge in [0.15, 0.2) is 62.5 Å². The van der Waals surface area contributed by atoms with Crippen molar-refractivity contribution in [3.05, 3.63) is 0 Å². The third-order valence-corrected chi connectivity index (χ3v) is 23.3. The Bertz CT molecular complexity index is 3540. The maximum absolute atomic E-state index is 13.5. The van der Waals surface area contributed by atoms with Crippen LogP contribution in [-0.2, 0) is 109 Å². The monoisotopic (exact) mass is 1890 g/mol. The van der Waals surface area contributed by atoms with Crippen molar-refractivity contribution in [2.24, 2.45) is 11.5 Å². The number of aliphatic hydroxyl groups excluding tert-OH is 31. The molecule has 61 nitrogen and oxygen atoms in total. The van der Waals surface area contributed by atoms with Crippen molar-refractivity contribution in [2.75, 3.05) is 52.9 Å². The number of carboxylic acid groups (broad SMARTS) is 4. The second kappa shape index (κ2) is 43.8. The highest BCUT2D eigenvalue weighted by atomic mass is 16.8. The van der Waals surface area contributed by atoms with Gasteiger partial charge >= 0.3 is 23.9 Å². The molecule has 0 aliphatic carbocycles. The number of aliphatic carboxylic acids is 4. The Morgan fingerprint density at radius 3 is 1.15 bits per heavy atom. The first-order chi connectivity index (χ1) is 60.0. The summed E-state index contributed by atoms with van der Waals surface area (Å²) in [6.07, 6.45) is -127. The quantitative estimate of drug-likeness (QED) is 0.0280. The molecule has 0 spiro atoms. The Morgan fingerprint density at radius 2 is 0.672 bits per heavy atom. The van der Waals surface area contributed by atoms with E-state index in [0.29, 0.717) is 0 Å². The van der Waals surface area contributed by atoms with E-state index in [4.69, 9.17) is 101 Å². The topological polar surface area (TPSA) is 1020 Å². The van der Waals surface area contributed by atoms with Crippen LogP contribution in [0.3, 0.4) is 0 Å². The number of hydrogen-bond acceptors (Lipinski definition) is 57. The van der Waals surface area contributed by atoms with Gasteiger partial charge in [0, 0.05) is 6.42 Å². The van der Waals surface area contributed by atoms with Crippen LogP contribution in [0.2, 0.25) is 0 Å². The fourth-order valence-corrected chi connectivity index (χ4v) is 15.9. The molecule has 40 N–H and O–H groups in total. The molecule has 0 aromatic rings. The Hall–Kier alpha value is -4.24. The Balaban J connectivity index is 1.00. The highest BCUT2D eigenvalue weighted by Crippen LogP contribution is 2.45. The fourth-order valence-electron chi connectivity index (χ4n) is 15.9. The number of hydrogen-bond donors (Lipinski definition) is 38. The smallest absolute Gasteiger partial charge is 0.367 e. The largest absolute Gasteiger partial charge is 0.479 e. The molecule has 0 unspecified atom stereocenters. The van der Waals surface area contributed by atoms with Crippen molar-refractivity contribution in [1.29, 1.82) is 0 Å². The first-order valence-corrected chi connectivity index (χ1v) is 39.3. The zero-order valence-electron chi connectivity index (χ0n) is 66.0. The van der Waals surface area contributed by atoms with E-state index in [1.54, 1.807) is 0 Å². The summed E-state index contributed by atoms with van der Waals surface area (Å²) >= 11 is 0. The minimum Gasteiger partial charge on any atom is -0.479 e. The number of carboxylic acids is 4. The number of rotatable bonds is 35. The zero-order chi connectivity index (χ0) is 95.1. The lowest BCUT2D eigenvalue weighted by molar-refractivity contribution is -0.421. The molecule has 0 bridgehead atoms. The lowest BCUT2D eigenvalue weighted by Gasteiger charge is -2.53. The SMILES string of the molecule is N[C@H]1[C@@H](O[C@@H]2[C@H](O)[C@@H](O)[C@@H](OC[C@H](O)[C@H]3O[C@H](OC[C@H](O)[C@H]4O[C@H](O[C@@H]5[C@H](O)[C@@H](O[C@H]6[C@@H]([C@H](O)CO)O[C@@](O)(C(=O)O)C[C@H]6O[C@@]6(C(=O)O)O[C@H]([C@H](O)CO)[C@H](O)[C@H](O)[C@@H]6O)O[C@H]([C@@H](O)CO)[C@H]5O[C@@H]5O[C@H](CO)[C@H](O)[C@H](O)[C@H]5O)[C@@H](O)[C@@H](O[C@H]5O[C@H](C(=O)O)[C@H](O[C@H]6O[C@H](CO)[C@@H](O)[C@H](O)[C@H]6N)[C@H](O)[C@H]5O)[C@@H]4O)[C@@H](O)[C@@H](O)[C@@H]3O)O[C@@H]2C(=O)O)O[C@H](CO)[C@@H](O)[C@@H]1O. The van der Waals surface area contributed by atoms with Crippen LogP contribution in [0.5, 0.6) is 0 Å². The lowest BCUT2D eigenvalue weighted by atomic mass is 9.88. The molecular weight excluding hydrogens is 1780 g/mol. The Morgan fingerprint density at radius 1 is 0.320 bits per heavy atom. The van der Waals surface area contributed by atoms with Crippen molar-refractivity contribution >= 4 is 23.9 Å². The number of ether oxygens (including phenoxy) is 19. The van der Waals surface area contributed by atoms with Crippen molar-refractivity contribution in [3.8, 4) is 0 Å². The maximum atomic E-state index is 13.5. The second-order valence-electron chi connectivity index (χ2n) is 31.8. The molecule has 54 atom stereocenters. The van der Waals surface area contributed by atoms with Gasteiger partial charge in [-0.1, -0.05) is 0 Å². The molecule has 10 saturated heterocycles.